The number of likely N-dealkylation sites (tertiary alicyclic amines) is 1. The quantitative estimate of drug-likeness (QED) is 0.806. The Labute approximate surface area is 165 Å². The highest BCUT2D eigenvalue weighted by Crippen LogP contribution is 2.37. The summed E-state index contributed by atoms with van der Waals surface area (Å²) in [6, 6.07) is 7.85. The van der Waals surface area contributed by atoms with Gasteiger partial charge in [0.05, 0.1) is 0 Å². The lowest BCUT2D eigenvalue weighted by Gasteiger charge is -2.40. The third-order valence-corrected chi connectivity index (χ3v) is 5.55. The minimum absolute atomic E-state index is 0.000844. The zero-order valence-corrected chi connectivity index (χ0v) is 16.8. The summed E-state index contributed by atoms with van der Waals surface area (Å²) < 4.78 is 10.9. The molecule has 0 aliphatic carbocycles. The molecule has 2 aliphatic rings. The van der Waals surface area contributed by atoms with Gasteiger partial charge in [0.25, 0.3) is 5.91 Å². The van der Waals surface area contributed by atoms with Crippen LogP contribution in [0.5, 0.6) is 11.5 Å². The average molecular weight is 381 g/mol. The first-order chi connectivity index (χ1) is 13.4. The van der Waals surface area contributed by atoms with E-state index in [1.54, 1.807) is 12.3 Å². The van der Waals surface area contributed by atoms with Crippen LogP contribution < -0.4 is 9.47 Å². The van der Waals surface area contributed by atoms with Crippen LogP contribution in [0, 0.1) is 5.41 Å². The number of amides is 1. The lowest BCUT2D eigenvalue weighted by Crippen LogP contribution is -2.46. The Hall–Kier alpha value is -2.63. The van der Waals surface area contributed by atoms with Gasteiger partial charge in [-0.25, -0.2) is 9.97 Å². The third kappa shape index (κ3) is 3.81. The molecule has 0 saturated carbocycles. The number of nitrogens with zero attached hydrogens (tertiary/aromatic N) is 3. The smallest absolute Gasteiger partial charge is 0.272 e. The third-order valence-electron chi connectivity index (χ3n) is 5.55. The molecular formula is C22H27N3O3. The van der Waals surface area contributed by atoms with Gasteiger partial charge in [-0.2, -0.15) is 0 Å². The molecule has 148 valence electrons. The second-order valence-corrected chi connectivity index (χ2v) is 8.46. The molecule has 3 heterocycles. The Morgan fingerprint density at radius 3 is 2.89 bits per heavy atom. The van der Waals surface area contributed by atoms with Gasteiger partial charge in [-0.3, -0.25) is 4.79 Å². The van der Waals surface area contributed by atoms with E-state index in [9.17, 15) is 4.79 Å². The summed E-state index contributed by atoms with van der Waals surface area (Å²) in [6.07, 6.45) is 4.67. The van der Waals surface area contributed by atoms with Gasteiger partial charge >= 0.3 is 0 Å². The maximum Gasteiger partial charge on any atom is 0.272 e. The van der Waals surface area contributed by atoms with Crippen molar-refractivity contribution in [1.29, 1.82) is 0 Å². The van der Waals surface area contributed by atoms with Crippen molar-refractivity contribution in [2.24, 2.45) is 5.41 Å². The average Bonchev–Trinajstić information content (AvgIpc) is 3.15. The highest BCUT2D eigenvalue weighted by molar-refractivity contribution is 5.92. The molecule has 0 radical (unpaired) electrons. The van der Waals surface area contributed by atoms with Crippen molar-refractivity contribution >= 4 is 5.91 Å². The number of fused-ring (bicyclic) bond motifs is 1. The number of benzene rings is 1. The summed E-state index contributed by atoms with van der Waals surface area (Å²) in [5, 5.41) is 0. The van der Waals surface area contributed by atoms with E-state index < -0.39 is 0 Å². The fourth-order valence-electron chi connectivity index (χ4n) is 4.11. The van der Waals surface area contributed by atoms with Crippen LogP contribution in [0.3, 0.4) is 0 Å². The first-order valence-electron chi connectivity index (χ1n) is 9.94. The Morgan fingerprint density at radius 1 is 1.25 bits per heavy atom. The minimum atomic E-state index is 0.000844. The molecular weight excluding hydrogens is 354 g/mol. The first kappa shape index (κ1) is 18.7. The van der Waals surface area contributed by atoms with E-state index in [0.29, 0.717) is 11.5 Å². The van der Waals surface area contributed by atoms with Crippen LogP contribution in [0.1, 0.15) is 61.4 Å². The Morgan fingerprint density at radius 2 is 2.07 bits per heavy atom. The van der Waals surface area contributed by atoms with Crippen molar-refractivity contribution in [1.82, 2.24) is 14.9 Å². The van der Waals surface area contributed by atoms with Gasteiger partial charge in [0.1, 0.15) is 11.5 Å². The molecule has 0 spiro atoms. The summed E-state index contributed by atoms with van der Waals surface area (Å²) in [4.78, 5) is 23.8. The molecule has 0 bridgehead atoms. The van der Waals surface area contributed by atoms with Crippen LogP contribution in [0.15, 0.2) is 30.5 Å². The van der Waals surface area contributed by atoms with Gasteiger partial charge in [-0.15, -0.1) is 0 Å². The van der Waals surface area contributed by atoms with Crippen LogP contribution in [-0.2, 0) is 6.42 Å². The molecule has 4 rings (SSSR count). The maximum atomic E-state index is 13.1. The molecule has 1 atom stereocenters. The number of ether oxygens (including phenoxy) is 2. The predicted molar refractivity (Wildman–Crippen MR) is 106 cm³/mol. The topological polar surface area (TPSA) is 64.6 Å². The number of aromatic nitrogens is 2. The standard InChI is InChI=1S/C22H27N3O3/c1-15(2)20-23-9-7-17(24-20)21(26)25-10-4-8-22(3,13-25)12-16-5-6-18-19(11-16)28-14-27-18/h5-7,9,11,15H,4,8,10,12-14H2,1-3H3/t22-/m0/s1. The van der Waals surface area contributed by atoms with Crippen molar-refractivity contribution in [3.63, 3.8) is 0 Å². The summed E-state index contributed by atoms with van der Waals surface area (Å²) in [5.41, 5.74) is 1.73. The van der Waals surface area contributed by atoms with Crippen molar-refractivity contribution in [3.05, 3.63) is 47.5 Å². The number of carbonyl (C=O) groups excluding carboxylic acids is 1. The maximum absolute atomic E-state index is 13.1. The summed E-state index contributed by atoms with van der Waals surface area (Å²) in [5.74, 6) is 2.53. The number of hydrogen-bond acceptors (Lipinski definition) is 5. The molecule has 2 aromatic rings. The predicted octanol–water partition coefficient (Wildman–Crippen LogP) is 3.81. The second-order valence-electron chi connectivity index (χ2n) is 8.46. The van der Waals surface area contributed by atoms with Gasteiger partial charge in [0, 0.05) is 25.2 Å². The molecule has 1 aromatic carbocycles. The van der Waals surface area contributed by atoms with E-state index in [1.807, 2.05) is 24.8 Å². The van der Waals surface area contributed by atoms with E-state index in [2.05, 4.69) is 29.0 Å². The summed E-state index contributed by atoms with van der Waals surface area (Å²) in [7, 11) is 0. The molecule has 0 unspecified atom stereocenters. The molecule has 2 aliphatic heterocycles. The lowest BCUT2D eigenvalue weighted by atomic mass is 9.77. The van der Waals surface area contributed by atoms with Crippen LogP contribution >= 0.6 is 0 Å². The Kier molecular flexibility index (Phi) is 4.96. The molecule has 6 nitrogen and oxygen atoms in total. The number of hydrogen-bond donors (Lipinski definition) is 0. The van der Waals surface area contributed by atoms with Crippen LogP contribution in [0.4, 0.5) is 0 Å². The van der Waals surface area contributed by atoms with E-state index in [-0.39, 0.29) is 24.0 Å². The number of piperidine rings is 1. The van der Waals surface area contributed by atoms with E-state index in [4.69, 9.17) is 9.47 Å². The molecule has 1 aromatic heterocycles. The second kappa shape index (κ2) is 7.41. The normalized spacial score (nSPS) is 21.2. The molecule has 6 heteroatoms. The zero-order valence-electron chi connectivity index (χ0n) is 16.8. The van der Waals surface area contributed by atoms with Crippen molar-refractivity contribution < 1.29 is 14.3 Å². The Balaban J connectivity index is 1.49. The van der Waals surface area contributed by atoms with Gasteiger partial charge in [-0.1, -0.05) is 26.8 Å². The molecule has 1 saturated heterocycles. The fourth-order valence-corrected chi connectivity index (χ4v) is 4.11. The highest BCUT2D eigenvalue weighted by atomic mass is 16.7. The number of carbonyl (C=O) groups is 1. The highest BCUT2D eigenvalue weighted by Gasteiger charge is 2.34. The van der Waals surface area contributed by atoms with Crippen molar-refractivity contribution in [2.45, 2.75) is 46.0 Å². The van der Waals surface area contributed by atoms with Gasteiger partial charge in [0.2, 0.25) is 6.79 Å². The minimum Gasteiger partial charge on any atom is -0.454 e. The SMILES string of the molecule is CC(C)c1nccc(C(=O)N2CCC[C@@](C)(Cc3ccc4c(c3)OCO4)C2)n1. The van der Waals surface area contributed by atoms with Gasteiger partial charge in [0.15, 0.2) is 11.5 Å². The zero-order chi connectivity index (χ0) is 19.7. The van der Waals surface area contributed by atoms with Crippen LogP contribution in [-0.4, -0.2) is 40.7 Å². The first-order valence-corrected chi connectivity index (χ1v) is 9.94. The van der Waals surface area contributed by atoms with Crippen LogP contribution in [0.25, 0.3) is 0 Å². The number of rotatable bonds is 4. The largest absolute Gasteiger partial charge is 0.454 e. The monoisotopic (exact) mass is 381 g/mol. The van der Waals surface area contributed by atoms with Crippen molar-refractivity contribution in [3.8, 4) is 11.5 Å². The molecule has 0 N–H and O–H groups in total. The van der Waals surface area contributed by atoms with Crippen molar-refractivity contribution in [2.75, 3.05) is 19.9 Å². The molecule has 1 fully saturated rings. The molecule has 28 heavy (non-hydrogen) atoms. The van der Waals surface area contributed by atoms with E-state index in [0.717, 1.165) is 43.9 Å². The fraction of sp³-hybridized carbons (Fsp3) is 0.500. The van der Waals surface area contributed by atoms with Gasteiger partial charge in [-0.05, 0) is 48.4 Å². The summed E-state index contributed by atoms with van der Waals surface area (Å²) >= 11 is 0. The van der Waals surface area contributed by atoms with E-state index >= 15 is 0 Å². The summed E-state index contributed by atoms with van der Waals surface area (Å²) in [6.45, 7) is 8.11. The van der Waals surface area contributed by atoms with Gasteiger partial charge < -0.3 is 14.4 Å². The van der Waals surface area contributed by atoms with Crippen LogP contribution in [0.2, 0.25) is 0 Å². The lowest BCUT2D eigenvalue weighted by molar-refractivity contribution is 0.0544. The molecule has 1 amide bonds. The Bertz CT molecular complexity index is 883. The van der Waals surface area contributed by atoms with E-state index in [1.165, 1.54) is 5.56 Å².